The number of carbonyl (C=O) groups excluding carboxylic acids is 1. The van der Waals surface area contributed by atoms with Crippen molar-refractivity contribution in [3.63, 3.8) is 0 Å². The molecular formula is C15H16N2OS. The van der Waals surface area contributed by atoms with E-state index in [2.05, 4.69) is 17.6 Å². The summed E-state index contributed by atoms with van der Waals surface area (Å²) in [5.41, 5.74) is 2.51. The molecule has 0 spiro atoms. The van der Waals surface area contributed by atoms with Crippen molar-refractivity contribution in [1.29, 1.82) is 0 Å². The molecule has 0 radical (unpaired) electrons. The third-order valence-corrected chi connectivity index (χ3v) is 3.10. The van der Waals surface area contributed by atoms with Crippen molar-refractivity contribution in [2.75, 3.05) is 7.05 Å². The summed E-state index contributed by atoms with van der Waals surface area (Å²) in [6, 6.07) is 13.0. The molecular weight excluding hydrogens is 256 g/mol. The Hall–Kier alpha value is -1.81. The van der Waals surface area contributed by atoms with Gasteiger partial charge >= 0.3 is 0 Å². The van der Waals surface area contributed by atoms with Crippen LogP contribution in [0.2, 0.25) is 0 Å². The molecule has 2 aromatic rings. The SMILES string of the molecule is Cc1cccc(CN(C)C(=O)c2ccc(S)cc2)n1. The number of benzene rings is 1. The van der Waals surface area contributed by atoms with E-state index in [0.29, 0.717) is 12.1 Å². The van der Waals surface area contributed by atoms with E-state index in [1.54, 1.807) is 24.1 Å². The highest BCUT2D eigenvalue weighted by molar-refractivity contribution is 7.80. The van der Waals surface area contributed by atoms with Crippen LogP contribution in [-0.2, 0) is 6.54 Å². The van der Waals surface area contributed by atoms with Gasteiger partial charge in [-0.3, -0.25) is 9.78 Å². The molecule has 0 saturated heterocycles. The van der Waals surface area contributed by atoms with E-state index >= 15 is 0 Å². The molecule has 0 N–H and O–H groups in total. The Bertz CT molecular complexity index is 581. The Balaban J connectivity index is 2.09. The molecule has 0 aliphatic rings. The molecule has 2 rings (SSSR count). The molecule has 1 heterocycles. The van der Waals surface area contributed by atoms with Crippen LogP contribution in [0.3, 0.4) is 0 Å². The maximum Gasteiger partial charge on any atom is 0.253 e. The summed E-state index contributed by atoms with van der Waals surface area (Å²) in [5.74, 6) is -0.0170. The molecule has 4 heteroatoms. The van der Waals surface area contributed by atoms with E-state index in [1.165, 1.54) is 0 Å². The lowest BCUT2D eigenvalue weighted by atomic mass is 10.2. The molecule has 1 aromatic carbocycles. The summed E-state index contributed by atoms with van der Waals surface area (Å²) in [6.45, 7) is 2.44. The number of pyridine rings is 1. The normalized spacial score (nSPS) is 10.3. The largest absolute Gasteiger partial charge is 0.336 e. The predicted molar refractivity (Wildman–Crippen MR) is 78.5 cm³/mol. The lowest BCUT2D eigenvalue weighted by Gasteiger charge is -2.17. The number of aromatic nitrogens is 1. The Morgan fingerprint density at radius 2 is 1.89 bits per heavy atom. The van der Waals surface area contributed by atoms with Crippen molar-refractivity contribution in [1.82, 2.24) is 9.88 Å². The number of carbonyl (C=O) groups is 1. The standard InChI is InChI=1S/C15H16N2OS/c1-11-4-3-5-13(16-11)10-17(2)15(18)12-6-8-14(19)9-7-12/h3-9,19H,10H2,1-2H3. The van der Waals surface area contributed by atoms with E-state index in [1.807, 2.05) is 37.3 Å². The van der Waals surface area contributed by atoms with E-state index in [9.17, 15) is 4.79 Å². The average Bonchev–Trinajstić information content (AvgIpc) is 2.39. The van der Waals surface area contributed by atoms with Gasteiger partial charge < -0.3 is 4.90 Å². The molecule has 19 heavy (non-hydrogen) atoms. The second-order valence-corrected chi connectivity index (χ2v) is 4.99. The monoisotopic (exact) mass is 272 g/mol. The second-order valence-electron chi connectivity index (χ2n) is 4.48. The van der Waals surface area contributed by atoms with Crippen LogP contribution in [0.5, 0.6) is 0 Å². The van der Waals surface area contributed by atoms with Gasteiger partial charge in [-0.2, -0.15) is 0 Å². The van der Waals surface area contributed by atoms with Crippen LogP contribution in [0, 0.1) is 6.92 Å². The number of rotatable bonds is 3. The van der Waals surface area contributed by atoms with Gasteiger partial charge in [-0.15, -0.1) is 12.6 Å². The number of aryl methyl sites for hydroxylation is 1. The summed E-state index contributed by atoms with van der Waals surface area (Å²) in [5, 5.41) is 0. The van der Waals surface area contributed by atoms with Crippen LogP contribution < -0.4 is 0 Å². The number of hydrogen-bond donors (Lipinski definition) is 1. The summed E-state index contributed by atoms with van der Waals surface area (Å²) in [4.78, 5) is 19.1. The van der Waals surface area contributed by atoms with Gasteiger partial charge in [-0.05, 0) is 43.3 Å². The van der Waals surface area contributed by atoms with Gasteiger partial charge in [0.25, 0.3) is 5.91 Å². The smallest absolute Gasteiger partial charge is 0.253 e. The number of amides is 1. The zero-order valence-electron chi connectivity index (χ0n) is 11.0. The highest BCUT2D eigenvalue weighted by atomic mass is 32.1. The van der Waals surface area contributed by atoms with Gasteiger partial charge in [0, 0.05) is 23.2 Å². The fourth-order valence-electron chi connectivity index (χ4n) is 1.83. The van der Waals surface area contributed by atoms with Crippen LogP contribution in [-0.4, -0.2) is 22.8 Å². The molecule has 0 aliphatic heterocycles. The Morgan fingerprint density at radius 1 is 1.21 bits per heavy atom. The molecule has 1 aromatic heterocycles. The van der Waals surface area contributed by atoms with Crippen molar-refractivity contribution in [3.8, 4) is 0 Å². The number of nitrogens with zero attached hydrogens (tertiary/aromatic N) is 2. The first-order chi connectivity index (χ1) is 9.06. The van der Waals surface area contributed by atoms with Crippen molar-refractivity contribution < 1.29 is 4.79 Å². The molecule has 1 amide bonds. The quantitative estimate of drug-likeness (QED) is 0.871. The van der Waals surface area contributed by atoms with Gasteiger partial charge in [0.1, 0.15) is 0 Å². The molecule has 0 fully saturated rings. The fourth-order valence-corrected chi connectivity index (χ4v) is 1.98. The van der Waals surface area contributed by atoms with Crippen LogP contribution >= 0.6 is 12.6 Å². The summed E-state index contributed by atoms with van der Waals surface area (Å²) < 4.78 is 0. The van der Waals surface area contributed by atoms with Gasteiger partial charge in [-0.25, -0.2) is 0 Å². The van der Waals surface area contributed by atoms with Crippen molar-refractivity contribution in [2.45, 2.75) is 18.4 Å². The first kappa shape index (κ1) is 13.6. The fraction of sp³-hybridized carbons (Fsp3) is 0.200. The van der Waals surface area contributed by atoms with Gasteiger partial charge in [-0.1, -0.05) is 6.07 Å². The molecule has 3 nitrogen and oxygen atoms in total. The first-order valence-corrected chi connectivity index (χ1v) is 6.48. The lowest BCUT2D eigenvalue weighted by molar-refractivity contribution is 0.0783. The van der Waals surface area contributed by atoms with E-state index in [0.717, 1.165) is 16.3 Å². The lowest BCUT2D eigenvalue weighted by Crippen LogP contribution is -2.26. The summed E-state index contributed by atoms with van der Waals surface area (Å²) in [6.07, 6.45) is 0. The molecule has 0 aliphatic carbocycles. The van der Waals surface area contributed by atoms with Crippen LogP contribution in [0.25, 0.3) is 0 Å². The van der Waals surface area contributed by atoms with Crippen LogP contribution in [0.1, 0.15) is 21.7 Å². The van der Waals surface area contributed by atoms with Crippen molar-refractivity contribution in [3.05, 3.63) is 59.4 Å². The molecule has 0 atom stereocenters. The molecule has 98 valence electrons. The Labute approximate surface area is 118 Å². The average molecular weight is 272 g/mol. The predicted octanol–water partition coefficient (Wildman–Crippen LogP) is 2.95. The highest BCUT2D eigenvalue weighted by Crippen LogP contribution is 2.11. The third kappa shape index (κ3) is 3.58. The maximum atomic E-state index is 12.2. The minimum atomic E-state index is -0.0170. The van der Waals surface area contributed by atoms with E-state index in [4.69, 9.17) is 0 Å². The zero-order chi connectivity index (χ0) is 13.8. The van der Waals surface area contributed by atoms with Crippen LogP contribution in [0.15, 0.2) is 47.4 Å². The third-order valence-electron chi connectivity index (χ3n) is 2.81. The number of thiol groups is 1. The summed E-state index contributed by atoms with van der Waals surface area (Å²) >= 11 is 4.21. The second kappa shape index (κ2) is 5.89. The van der Waals surface area contributed by atoms with Gasteiger partial charge in [0.2, 0.25) is 0 Å². The molecule has 0 bridgehead atoms. The molecule has 0 saturated carbocycles. The van der Waals surface area contributed by atoms with Gasteiger partial charge in [0.05, 0.1) is 12.2 Å². The Morgan fingerprint density at radius 3 is 2.53 bits per heavy atom. The van der Waals surface area contributed by atoms with E-state index < -0.39 is 0 Å². The van der Waals surface area contributed by atoms with Crippen molar-refractivity contribution >= 4 is 18.5 Å². The number of hydrogen-bond acceptors (Lipinski definition) is 3. The van der Waals surface area contributed by atoms with Crippen LogP contribution in [0.4, 0.5) is 0 Å². The van der Waals surface area contributed by atoms with Crippen molar-refractivity contribution in [2.24, 2.45) is 0 Å². The van der Waals surface area contributed by atoms with E-state index in [-0.39, 0.29) is 5.91 Å². The first-order valence-electron chi connectivity index (χ1n) is 6.03. The molecule has 0 unspecified atom stereocenters. The highest BCUT2D eigenvalue weighted by Gasteiger charge is 2.12. The van der Waals surface area contributed by atoms with Gasteiger partial charge in [0.15, 0.2) is 0 Å². The maximum absolute atomic E-state index is 12.2. The minimum Gasteiger partial charge on any atom is -0.336 e. The minimum absolute atomic E-state index is 0.0170. The zero-order valence-corrected chi connectivity index (χ0v) is 11.9. The summed E-state index contributed by atoms with van der Waals surface area (Å²) in [7, 11) is 1.78. The Kier molecular flexibility index (Phi) is 4.22. The topological polar surface area (TPSA) is 33.2 Å².